The van der Waals surface area contributed by atoms with Crippen LogP contribution in [0, 0.1) is 13.8 Å². The smallest absolute Gasteiger partial charge is 0.264 e. The minimum Gasteiger partial charge on any atom is -0.352 e. The van der Waals surface area contributed by atoms with Gasteiger partial charge in [0, 0.05) is 17.6 Å². The second-order valence-corrected chi connectivity index (χ2v) is 13.3. The van der Waals surface area contributed by atoms with Gasteiger partial charge in [-0.2, -0.15) is 0 Å². The molecule has 0 heterocycles. The van der Waals surface area contributed by atoms with Crippen molar-refractivity contribution in [2.75, 3.05) is 10.8 Å². The van der Waals surface area contributed by atoms with Gasteiger partial charge in [0.15, 0.2) is 0 Å². The van der Waals surface area contributed by atoms with E-state index in [1.54, 1.807) is 36.4 Å². The summed E-state index contributed by atoms with van der Waals surface area (Å²) >= 11 is 6.11. The van der Waals surface area contributed by atoms with Crippen LogP contribution in [0.3, 0.4) is 0 Å². The molecule has 224 valence electrons. The molecule has 3 aromatic carbocycles. The fourth-order valence-corrected chi connectivity index (χ4v) is 7.19. The van der Waals surface area contributed by atoms with E-state index in [0.29, 0.717) is 17.1 Å². The van der Waals surface area contributed by atoms with Crippen LogP contribution >= 0.6 is 11.6 Å². The van der Waals surface area contributed by atoms with Gasteiger partial charge >= 0.3 is 0 Å². The van der Waals surface area contributed by atoms with Gasteiger partial charge in [-0.1, -0.05) is 85.8 Å². The summed E-state index contributed by atoms with van der Waals surface area (Å²) in [5, 5.41) is 3.73. The maximum atomic E-state index is 14.3. The van der Waals surface area contributed by atoms with E-state index in [0.717, 1.165) is 48.8 Å². The summed E-state index contributed by atoms with van der Waals surface area (Å²) in [6, 6.07) is 20.0. The van der Waals surface area contributed by atoms with Crippen LogP contribution in [-0.2, 0) is 26.2 Å². The minimum atomic E-state index is -4.10. The zero-order valence-corrected chi connectivity index (χ0v) is 26.1. The van der Waals surface area contributed by atoms with Gasteiger partial charge in [0.1, 0.15) is 12.6 Å². The lowest BCUT2D eigenvalue weighted by atomic mass is 9.95. The predicted octanol–water partition coefficient (Wildman–Crippen LogP) is 6.41. The number of benzene rings is 3. The fourth-order valence-electron chi connectivity index (χ4n) is 5.57. The zero-order valence-electron chi connectivity index (χ0n) is 24.6. The molecular formula is C33H40ClN3O4S. The Bertz CT molecular complexity index is 1470. The van der Waals surface area contributed by atoms with E-state index in [2.05, 4.69) is 5.32 Å². The van der Waals surface area contributed by atoms with Crippen molar-refractivity contribution < 1.29 is 18.0 Å². The number of carbonyl (C=O) groups is 2. The third kappa shape index (κ3) is 7.72. The van der Waals surface area contributed by atoms with Crippen LogP contribution in [0.4, 0.5) is 5.69 Å². The van der Waals surface area contributed by atoms with Gasteiger partial charge in [0.2, 0.25) is 11.8 Å². The number of amides is 2. The molecule has 0 radical (unpaired) electrons. The first-order chi connectivity index (χ1) is 20.1. The number of aryl methyl sites for hydroxylation is 2. The molecule has 7 nitrogen and oxygen atoms in total. The molecule has 1 aliphatic carbocycles. The number of hydrogen-bond acceptors (Lipinski definition) is 4. The highest BCUT2D eigenvalue weighted by atomic mass is 35.5. The number of rotatable bonds is 11. The molecule has 1 fully saturated rings. The Kier molecular flexibility index (Phi) is 10.7. The van der Waals surface area contributed by atoms with Crippen molar-refractivity contribution in [1.82, 2.24) is 10.2 Å². The van der Waals surface area contributed by atoms with Crippen molar-refractivity contribution in [1.29, 1.82) is 0 Å². The molecular weight excluding hydrogens is 570 g/mol. The second kappa shape index (κ2) is 14.2. The van der Waals surface area contributed by atoms with Gasteiger partial charge in [0.05, 0.1) is 10.6 Å². The number of carbonyl (C=O) groups excluding carboxylic acids is 2. The maximum Gasteiger partial charge on any atom is 0.264 e. The molecule has 1 N–H and O–H groups in total. The van der Waals surface area contributed by atoms with Crippen LogP contribution in [0.5, 0.6) is 0 Å². The topological polar surface area (TPSA) is 86.8 Å². The predicted molar refractivity (Wildman–Crippen MR) is 168 cm³/mol. The molecule has 1 atom stereocenters. The summed E-state index contributed by atoms with van der Waals surface area (Å²) < 4.78 is 29.2. The first-order valence-electron chi connectivity index (χ1n) is 14.6. The lowest BCUT2D eigenvalue weighted by molar-refractivity contribution is -0.140. The first kappa shape index (κ1) is 31.6. The number of nitrogens with one attached hydrogen (secondary N) is 1. The molecule has 4 rings (SSSR count). The number of halogens is 1. The molecule has 0 aromatic heterocycles. The Morgan fingerprint density at radius 1 is 0.952 bits per heavy atom. The molecule has 1 saturated carbocycles. The summed E-state index contributed by atoms with van der Waals surface area (Å²) in [7, 11) is -4.10. The molecule has 42 heavy (non-hydrogen) atoms. The van der Waals surface area contributed by atoms with E-state index >= 15 is 0 Å². The quantitative estimate of drug-likeness (QED) is 0.272. The summed E-state index contributed by atoms with van der Waals surface area (Å²) in [4.78, 5) is 29.5. The normalized spacial score (nSPS) is 14.7. The number of nitrogens with zero attached hydrogens (tertiary/aromatic N) is 2. The minimum absolute atomic E-state index is 0.0814. The average Bonchev–Trinajstić information content (AvgIpc) is 2.98. The van der Waals surface area contributed by atoms with Crippen LogP contribution in [0.2, 0.25) is 5.02 Å². The highest BCUT2D eigenvalue weighted by Gasteiger charge is 2.34. The zero-order chi connectivity index (χ0) is 30.3. The molecule has 1 aliphatic rings. The Morgan fingerprint density at radius 2 is 1.62 bits per heavy atom. The van der Waals surface area contributed by atoms with Crippen molar-refractivity contribution in [3.05, 3.63) is 94.5 Å². The highest BCUT2D eigenvalue weighted by Crippen LogP contribution is 2.28. The first-order valence-corrected chi connectivity index (χ1v) is 16.4. The Hall–Kier alpha value is -3.36. The maximum absolute atomic E-state index is 14.3. The van der Waals surface area contributed by atoms with Crippen LogP contribution in [-0.4, -0.2) is 43.8 Å². The van der Waals surface area contributed by atoms with Gasteiger partial charge in [-0.25, -0.2) is 8.42 Å². The van der Waals surface area contributed by atoms with Crippen molar-refractivity contribution >= 4 is 39.1 Å². The molecule has 0 aliphatic heterocycles. The Balaban J connectivity index is 1.72. The van der Waals surface area contributed by atoms with Gasteiger partial charge in [0.25, 0.3) is 10.0 Å². The highest BCUT2D eigenvalue weighted by molar-refractivity contribution is 7.92. The Morgan fingerprint density at radius 3 is 2.24 bits per heavy atom. The van der Waals surface area contributed by atoms with Crippen LogP contribution in [0.15, 0.2) is 77.7 Å². The lowest BCUT2D eigenvalue weighted by Gasteiger charge is -2.34. The monoisotopic (exact) mass is 609 g/mol. The largest absolute Gasteiger partial charge is 0.352 e. The van der Waals surface area contributed by atoms with Crippen molar-refractivity contribution in [2.24, 2.45) is 0 Å². The molecule has 0 saturated heterocycles. The second-order valence-electron chi connectivity index (χ2n) is 11.0. The Labute approximate surface area is 254 Å². The third-order valence-corrected chi connectivity index (χ3v) is 9.86. The average molecular weight is 610 g/mol. The number of hydrogen-bond donors (Lipinski definition) is 1. The van der Waals surface area contributed by atoms with Crippen LogP contribution in [0.25, 0.3) is 0 Å². The summed E-state index contributed by atoms with van der Waals surface area (Å²) in [5.74, 6) is -0.675. The van der Waals surface area contributed by atoms with Crippen molar-refractivity contribution in [3.8, 4) is 0 Å². The van der Waals surface area contributed by atoms with Crippen molar-refractivity contribution in [2.45, 2.75) is 82.8 Å². The standard InChI is InChI=1S/C33H40ClN3O4S/c1-4-30(33(39)35-28-11-7-5-8-12-28)36(22-26-16-18-27(34)19-17-26)32(38)23-37(31-20-15-24(2)21-25(31)3)42(40,41)29-13-9-6-10-14-29/h6,9-10,13-21,28,30H,4-5,7-8,11-12,22-23H2,1-3H3,(H,35,39). The fraction of sp³-hybridized carbons (Fsp3) is 0.394. The van der Waals surface area contributed by atoms with Crippen molar-refractivity contribution in [3.63, 3.8) is 0 Å². The van der Waals surface area contributed by atoms with E-state index in [1.165, 1.54) is 21.3 Å². The molecule has 9 heteroatoms. The third-order valence-electron chi connectivity index (χ3n) is 7.83. The van der Waals surface area contributed by atoms with E-state index in [4.69, 9.17) is 11.6 Å². The summed E-state index contributed by atoms with van der Waals surface area (Å²) in [6.45, 7) is 5.32. The number of sulfonamides is 1. The van der Waals surface area contributed by atoms with Crippen LogP contribution in [0.1, 0.15) is 62.1 Å². The molecule has 3 aromatic rings. The van der Waals surface area contributed by atoms with Crippen LogP contribution < -0.4 is 9.62 Å². The van der Waals surface area contributed by atoms with Gasteiger partial charge < -0.3 is 10.2 Å². The molecule has 2 amide bonds. The summed E-state index contributed by atoms with van der Waals surface area (Å²) in [5.41, 5.74) is 2.92. The summed E-state index contributed by atoms with van der Waals surface area (Å²) in [6.07, 6.45) is 5.52. The van der Waals surface area contributed by atoms with E-state index < -0.39 is 28.5 Å². The lowest BCUT2D eigenvalue weighted by Crippen LogP contribution is -2.54. The SMILES string of the molecule is CCC(C(=O)NC1CCCCC1)N(Cc1ccc(Cl)cc1)C(=O)CN(c1ccc(C)cc1C)S(=O)(=O)c1ccccc1. The van der Waals surface area contributed by atoms with Gasteiger partial charge in [-0.15, -0.1) is 0 Å². The van der Waals surface area contributed by atoms with E-state index in [9.17, 15) is 18.0 Å². The van der Waals surface area contributed by atoms with E-state index in [1.807, 2.05) is 45.0 Å². The van der Waals surface area contributed by atoms with Gasteiger partial charge in [-0.05, 0) is 74.6 Å². The molecule has 1 unspecified atom stereocenters. The number of anilines is 1. The van der Waals surface area contributed by atoms with E-state index in [-0.39, 0.29) is 23.4 Å². The van der Waals surface area contributed by atoms with Gasteiger partial charge in [-0.3, -0.25) is 13.9 Å². The molecule has 0 spiro atoms. The molecule has 0 bridgehead atoms.